The smallest absolute Gasteiger partial charge is 0.0750 e. The van der Waals surface area contributed by atoms with Gasteiger partial charge in [-0.15, -0.1) is 0 Å². The Morgan fingerprint density at radius 3 is 2.94 bits per heavy atom. The lowest BCUT2D eigenvalue weighted by Gasteiger charge is -2.23. The average molecular weight is 269 g/mol. The Kier molecular flexibility index (Phi) is 4.87. The summed E-state index contributed by atoms with van der Waals surface area (Å²) in [6.07, 6.45) is 2.71. The fraction of sp³-hybridized carbons (Fsp3) is 0.571. The fourth-order valence-electron chi connectivity index (χ4n) is 2.31. The number of likely N-dealkylation sites (N-methyl/N-ethyl adjacent to an activating group) is 1. The summed E-state index contributed by atoms with van der Waals surface area (Å²) in [4.78, 5) is 2.21. The molecule has 1 aromatic carbocycles. The lowest BCUT2D eigenvalue weighted by Crippen LogP contribution is -2.28. The lowest BCUT2D eigenvalue weighted by molar-refractivity contribution is 0.116. The van der Waals surface area contributed by atoms with E-state index in [1.54, 1.807) is 0 Å². The van der Waals surface area contributed by atoms with Crippen LogP contribution in [0.25, 0.3) is 0 Å². The van der Waals surface area contributed by atoms with Crippen LogP contribution in [0.5, 0.6) is 0 Å². The van der Waals surface area contributed by atoms with E-state index >= 15 is 0 Å². The minimum atomic E-state index is 0.366. The van der Waals surface area contributed by atoms with Gasteiger partial charge in [-0.05, 0) is 37.6 Å². The molecule has 1 fully saturated rings. The first-order chi connectivity index (χ1) is 8.70. The van der Waals surface area contributed by atoms with E-state index < -0.39 is 0 Å². The van der Waals surface area contributed by atoms with Gasteiger partial charge in [-0.25, -0.2) is 0 Å². The zero-order chi connectivity index (χ0) is 13.0. The van der Waals surface area contributed by atoms with Gasteiger partial charge in [0, 0.05) is 37.5 Å². The third kappa shape index (κ3) is 3.37. The van der Waals surface area contributed by atoms with Gasteiger partial charge in [-0.2, -0.15) is 0 Å². The van der Waals surface area contributed by atoms with Crippen LogP contribution in [0, 0.1) is 0 Å². The minimum absolute atomic E-state index is 0.366. The summed E-state index contributed by atoms with van der Waals surface area (Å²) in [5.41, 5.74) is 2.28. The van der Waals surface area contributed by atoms with Gasteiger partial charge in [0.2, 0.25) is 0 Å². The summed E-state index contributed by atoms with van der Waals surface area (Å²) in [5.74, 6) is 0. The van der Waals surface area contributed by atoms with E-state index in [1.807, 2.05) is 13.1 Å². The molecule has 0 radical (unpaired) electrons. The predicted octanol–water partition coefficient (Wildman–Crippen LogP) is 2.67. The molecular formula is C14H21ClN2O. The highest BCUT2D eigenvalue weighted by Crippen LogP contribution is 2.24. The fourth-order valence-corrected chi connectivity index (χ4v) is 2.55. The first-order valence-corrected chi connectivity index (χ1v) is 6.84. The van der Waals surface area contributed by atoms with Crippen molar-refractivity contribution in [2.45, 2.75) is 25.5 Å². The number of hydrogen-bond donors (Lipinski definition) is 1. The van der Waals surface area contributed by atoms with Crippen LogP contribution in [0.1, 0.15) is 18.4 Å². The molecule has 1 N–H and O–H groups in total. The van der Waals surface area contributed by atoms with Crippen LogP contribution >= 0.6 is 11.6 Å². The van der Waals surface area contributed by atoms with E-state index in [2.05, 4.69) is 29.4 Å². The molecule has 0 saturated carbocycles. The Hall–Kier alpha value is -0.770. The summed E-state index contributed by atoms with van der Waals surface area (Å²) in [6, 6.07) is 6.23. The van der Waals surface area contributed by atoms with Crippen LogP contribution < -0.4 is 10.2 Å². The third-order valence-electron chi connectivity index (χ3n) is 3.35. The van der Waals surface area contributed by atoms with E-state index in [0.717, 1.165) is 42.4 Å². The van der Waals surface area contributed by atoms with Gasteiger partial charge in [-0.3, -0.25) is 0 Å². The van der Waals surface area contributed by atoms with Crippen molar-refractivity contribution in [3.8, 4) is 0 Å². The average Bonchev–Trinajstić information content (AvgIpc) is 2.84. The topological polar surface area (TPSA) is 24.5 Å². The Labute approximate surface area is 114 Å². The van der Waals surface area contributed by atoms with E-state index in [0.29, 0.717) is 6.10 Å². The van der Waals surface area contributed by atoms with Gasteiger partial charge < -0.3 is 15.0 Å². The maximum Gasteiger partial charge on any atom is 0.0750 e. The number of halogens is 1. The molecule has 0 aliphatic carbocycles. The minimum Gasteiger partial charge on any atom is -0.376 e. The molecular weight excluding hydrogens is 248 g/mol. The highest BCUT2D eigenvalue weighted by Gasteiger charge is 2.17. The number of nitrogens with one attached hydrogen (secondary N) is 1. The molecule has 1 unspecified atom stereocenters. The Morgan fingerprint density at radius 2 is 2.33 bits per heavy atom. The molecule has 1 saturated heterocycles. The number of ether oxygens (including phenoxy) is 1. The van der Waals surface area contributed by atoms with Crippen molar-refractivity contribution in [3.05, 3.63) is 28.8 Å². The molecule has 1 heterocycles. The van der Waals surface area contributed by atoms with Crippen molar-refractivity contribution >= 4 is 17.3 Å². The molecule has 2 rings (SSSR count). The quantitative estimate of drug-likeness (QED) is 0.889. The van der Waals surface area contributed by atoms with Crippen molar-refractivity contribution in [2.24, 2.45) is 0 Å². The van der Waals surface area contributed by atoms with E-state index in [1.165, 1.54) is 6.42 Å². The van der Waals surface area contributed by atoms with E-state index in [4.69, 9.17) is 16.3 Å². The first-order valence-electron chi connectivity index (χ1n) is 6.46. The van der Waals surface area contributed by atoms with Crippen LogP contribution in [0.3, 0.4) is 0 Å². The van der Waals surface area contributed by atoms with E-state index in [9.17, 15) is 0 Å². The number of benzene rings is 1. The molecule has 1 atom stereocenters. The SMILES string of the molecule is CNCc1ccc(N(C)CC2CCCO2)cc1Cl. The summed E-state index contributed by atoms with van der Waals surface area (Å²) < 4.78 is 5.65. The number of nitrogens with zero attached hydrogens (tertiary/aromatic N) is 1. The summed E-state index contributed by atoms with van der Waals surface area (Å²) in [7, 11) is 4.01. The van der Waals surface area contributed by atoms with Crippen LogP contribution in [-0.2, 0) is 11.3 Å². The summed E-state index contributed by atoms with van der Waals surface area (Å²) in [6.45, 7) is 2.64. The second-order valence-corrected chi connectivity index (χ2v) is 5.23. The predicted molar refractivity (Wildman–Crippen MR) is 76.5 cm³/mol. The van der Waals surface area contributed by atoms with Gasteiger partial charge in [0.1, 0.15) is 0 Å². The molecule has 1 aliphatic heterocycles. The van der Waals surface area contributed by atoms with E-state index in [-0.39, 0.29) is 0 Å². The molecule has 1 aliphatic rings. The molecule has 0 bridgehead atoms. The first kappa shape index (κ1) is 13.7. The second-order valence-electron chi connectivity index (χ2n) is 4.82. The van der Waals surface area contributed by atoms with Crippen molar-refractivity contribution in [1.82, 2.24) is 5.32 Å². The van der Waals surface area contributed by atoms with Crippen LogP contribution in [0.2, 0.25) is 5.02 Å². The molecule has 0 amide bonds. The third-order valence-corrected chi connectivity index (χ3v) is 3.70. The number of hydrogen-bond acceptors (Lipinski definition) is 3. The molecule has 0 aromatic heterocycles. The van der Waals surface area contributed by atoms with Gasteiger partial charge in [0.15, 0.2) is 0 Å². The number of anilines is 1. The summed E-state index contributed by atoms with van der Waals surface area (Å²) in [5, 5.41) is 3.93. The normalized spacial score (nSPS) is 19.2. The largest absolute Gasteiger partial charge is 0.376 e. The Balaban J connectivity index is 2.01. The molecule has 18 heavy (non-hydrogen) atoms. The molecule has 0 spiro atoms. The zero-order valence-electron chi connectivity index (χ0n) is 11.1. The van der Waals surface area contributed by atoms with Crippen molar-refractivity contribution < 1.29 is 4.74 Å². The maximum atomic E-state index is 6.27. The second kappa shape index (κ2) is 6.41. The van der Waals surface area contributed by atoms with Crippen LogP contribution in [-0.4, -0.2) is 33.4 Å². The lowest BCUT2D eigenvalue weighted by atomic mass is 10.1. The Bertz CT molecular complexity index is 391. The van der Waals surface area contributed by atoms with Gasteiger partial charge in [-0.1, -0.05) is 17.7 Å². The van der Waals surface area contributed by atoms with Gasteiger partial charge >= 0.3 is 0 Å². The highest BCUT2D eigenvalue weighted by atomic mass is 35.5. The maximum absolute atomic E-state index is 6.27. The standard InChI is InChI=1S/C14H21ClN2O/c1-16-9-11-5-6-12(8-14(11)15)17(2)10-13-4-3-7-18-13/h5-6,8,13,16H,3-4,7,9-10H2,1-2H3. The van der Waals surface area contributed by atoms with Crippen molar-refractivity contribution in [1.29, 1.82) is 0 Å². The van der Waals surface area contributed by atoms with Gasteiger partial charge in [0.25, 0.3) is 0 Å². The number of rotatable bonds is 5. The molecule has 1 aromatic rings. The molecule has 100 valence electrons. The van der Waals surface area contributed by atoms with Crippen molar-refractivity contribution in [2.75, 3.05) is 32.1 Å². The van der Waals surface area contributed by atoms with Crippen LogP contribution in [0.15, 0.2) is 18.2 Å². The van der Waals surface area contributed by atoms with Gasteiger partial charge in [0.05, 0.1) is 6.10 Å². The molecule has 3 nitrogen and oxygen atoms in total. The summed E-state index contributed by atoms with van der Waals surface area (Å²) >= 11 is 6.27. The van der Waals surface area contributed by atoms with Crippen LogP contribution in [0.4, 0.5) is 5.69 Å². The zero-order valence-corrected chi connectivity index (χ0v) is 11.8. The van der Waals surface area contributed by atoms with Crippen molar-refractivity contribution in [3.63, 3.8) is 0 Å². The Morgan fingerprint density at radius 1 is 1.50 bits per heavy atom. The monoisotopic (exact) mass is 268 g/mol. The molecule has 4 heteroatoms. The highest BCUT2D eigenvalue weighted by molar-refractivity contribution is 6.31.